The van der Waals surface area contributed by atoms with Gasteiger partial charge in [0.25, 0.3) is 11.8 Å². The Labute approximate surface area is 338 Å². The number of rotatable bonds is 9. The number of nitriles is 1. The van der Waals surface area contributed by atoms with Crippen molar-refractivity contribution in [3.05, 3.63) is 123 Å². The third-order valence-corrected chi connectivity index (χ3v) is 11.5. The molecule has 0 spiro atoms. The van der Waals surface area contributed by atoms with E-state index in [2.05, 4.69) is 30.6 Å². The second-order valence-electron chi connectivity index (χ2n) is 14.7. The number of hydrogen-bond donors (Lipinski definition) is 2. The summed E-state index contributed by atoms with van der Waals surface area (Å²) in [7, 11) is 0. The minimum Gasteiger partial charge on any atom is -0.341 e. The van der Waals surface area contributed by atoms with Crippen LogP contribution >= 0.6 is 34.8 Å². The highest BCUT2D eigenvalue weighted by Crippen LogP contribution is 2.47. The van der Waals surface area contributed by atoms with Crippen molar-refractivity contribution in [3.63, 3.8) is 0 Å². The first-order valence-corrected chi connectivity index (χ1v) is 18.9. The van der Waals surface area contributed by atoms with Crippen molar-refractivity contribution in [1.29, 1.82) is 5.26 Å². The van der Waals surface area contributed by atoms with Gasteiger partial charge in [-0.2, -0.15) is 5.26 Å². The Morgan fingerprint density at radius 1 is 0.877 bits per heavy atom. The summed E-state index contributed by atoms with van der Waals surface area (Å²) in [5, 5.41) is 15.9. The predicted molar refractivity (Wildman–Crippen MR) is 208 cm³/mol. The topological polar surface area (TPSA) is 172 Å². The van der Waals surface area contributed by atoms with Gasteiger partial charge in [-0.15, -0.1) is 0 Å². The van der Waals surface area contributed by atoms with E-state index in [1.165, 1.54) is 27.8 Å². The molecule has 0 bridgehead atoms. The summed E-state index contributed by atoms with van der Waals surface area (Å²) in [6, 6.07) is 17.1. The number of carbonyl (C=O) groups is 3. The number of fused-ring (bicyclic) bond motifs is 2. The Bertz CT molecular complexity index is 2710. The molecular formula is C40H28Cl3FN10O3. The molecule has 2 aliphatic carbocycles. The maximum absolute atomic E-state index is 14.6. The molecule has 17 heteroatoms. The smallest absolute Gasteiger partial charge is 0.270 e. The number of benzene rings is 3. The third-order valence-electron chi connectivity index (χ3n) is 10.8. The van der Waals surface area contributed by atoms with Gasteiger partial charge in [-0.25, -0.2) is 34.2 Å². The minimum absolute atomic E-state index is 0.0331. The van der Waals surface area contributed by atoms with E-state index >= 15 is 0 Å². The molecule has 284 valence electrons. The predicted octanol–water partition coefficient (Wildman–Crippen LogP) is 6.96. The van der Waals surface area contributed by atoms with Gasteiger partial charge >= 0.3 is 0 Å². The zero-order valence-corrected chi connectivity index (χ0v) is 32.1. The van der Waals surface area contributed by atoms with Crippen LogP contribution in [0.15, 0.2) is 79.4 Å². The standard InChI is InChI=1S/C40H28Cl3FN10O3/c1-38(15-21-2-4-22(5-3-21)24-18-46-31(16-45)47-19-24)36(57)53(26-13-27(42)32(44)28(43)14-26)37-49-20-30(54(37)38)33(55)51-40(10-11-40)35(56)52-39(8-9-39)34-48-17-23-12-25(41)6-7-29(23)50-34/h2-7,12-14,17-20H,8-11,15H2,1H3,(H,51,55)(H,52,56)/t38-/m1/s1. The monoisotopic (exact) mass is 820 g/mol. The molecule has 1 aliphatic heterocycles. The molecule has 0 unspecified atom stereocenters. The van der Waals surface area contributed by atoms with Crippen molar-refractivity contribution in [2.24, 2.45) is 0 Å². The first kappa shape index (κ1) is 36.6. The van der Waals surface area contributed by atoms with Crippen LogP contribution in [0.4, 0.5) is 16.0 Å². The fraction of sp³-hybridized carbons (Fsp3) is 0.225. The molecular weight excluding hydrogens is 794 g/mol. The summed E-state index contributed by atoms with van der Waals surface area (Å²) < 4.78 is 16.1. The highest BCUT2D eigenvalue weighted by Gasteiger charge is 2.58. The lowest BCUT2D eigenvalue weighted by Gasteiger charge is -2.27. The number of hydrogen-bond acceptors (Lipinski definition) is 9. The molecule has 1 atom stereocenters. The maximum atomic E-state index is 14.6. The Morgan fingerprint density at radius 2 is 1.58 bits per heavy atom. The van der Waals surface area contributed by atoms with Crippen LogP contribution in [0, 0.1) is 17.1 Å². The molecule has 3 aromatic heterocycles. The van der Waals surface area contributed by atoms with Crippen LogP contribution in [0.25, 0.3) is 22.0 Å². The van der Waals surface area contributed by atoms with Gasteiger partial charge in [-0.3, -0.25) is 19.0 Å². The number of nitrogens with zero attached hydrogens (tertiary/aromatic N) is 8. The zero-order chi connectivity index (χ0) is 39.9. The van der Waals surface area contributed by atoms with Crippen LogP contribution in [0.3, 0.4) is 0 Å². The molecule has 0 radical (unpaired) electrons. The lowest BCUT2D eigenvalue weighted by Crippen LogP contribution is -2.52. The first-order valence-electron chi connectivity index (χ1n) is 17.8. The van der Waals surface area contributed by atoms with Crippen molar-refractivity contribution in [1.82, 2.24) is 40.1 Å². The molecule has 3 aromatic carbocycles. The van der Waals surface area contributed by atoms with E-state index in [4.69, 9.17) is 45.0 Å². The number of imidazole rings is 1. The average Bonchev–Trinajstić information content (AvgIpc) is 4.11. The summed E-state index contributed by atoms with van der Waals surface area (Å²) in [6.45, 7) is 1.68. The van der Waals surface area contributed by atoms with Crippen LogP contribution in [0.1, 0.15) is 60.3 Å². The second kappa shape index (κ2) is 13.3. The lowest BCUT2D eigenvalue weighted by molar-refractivity contribution is -0.125. The number of nitrogens with one attached hydrogen (secondary N) is 2. The summed E-state index contributed by atoms with van der Waals surface area (Å²) in [6.07, 6.45) is 8.27. The quantitative estimate of drug-likeness (QED) is 0.146. The van der Waals surface area contributed by atoms with Crippen LogP contribution in [0.5, 0.6) is 0 Å². The van der Waals surface area contributed by atoms with Crippen molar-refractivity contribution in [2.45, 2.75) is 55.6 Å². The van der Waals surface area contributed by atoms with E-state index in [9.17, 15) is 18.8 Å². The van der Waals surface area contributed by atoms with Gasteiger partial charge in [0.1, 0.15) is 28.4 Å². The molecule has 2 fully saturated rings. The van der Waals surface area contributed by atoms with E-state index < -0.39 is 34.2 Å². The van der Waals surface area contributed by atoms with Crippen LogP contribution in [-0.2, 0) is 27.1 Å². The number of amides is 3. The summed E-state index contributed by atoms with van der Waals surface area (Å²) in [5.41, 5.74) is -0.325. The zero-order valence-electron chi connectivity index (χ0n) is 29.9. The van der Waals surface area contributed by atoms with Crippen molar-refractivity contribution in [2.75, 3.05) is 4.90 Å². The fourth-order valence-corrected chi connectivity index (χ4v) is 7.95. The Morgan fingerprint density at radius 3 is 2.23 bits per heavy atom. The van der Waals surface area contributed by atoms with Crippen molar-refractivity contribution in [3.8, 4) is 17.2 Å². The molecule has 2 saturated carbocycles. The van der Waals surface area contributed by atoms with Gasteiger partial charge in [-0.05, 0) is 74.1 Å². The van der Waals surface area contributed by atoms with Gasteiger partial charge in [-0.1, -0.05) is 59.1 Å². The van der Waals surface area contributed by atoms with Crippen molar-refractivity contribution < 1.29 is 18.8 Å². The molecule has 9 rings (SSSR count). The molecule has 2 N–H and O–H groups in total. The molecule has 3 amide bonds. The molecule has 0 saturated heterocycles. The minimum atomic E-state index is -1.44. The Balaban J connectivity index is 1.02. The molecule has 4 heterocycles. The summed E-state index contributed by atoms with van der Waals surface area (Å²) in [4.78, 5) is 66.0. The second-order valence-corrected chi connectivity index (χ2v) is 15.9. The highest BCUT2D eigenvalue weighted by atomic mass is 35.5. The maximum Gasteiger partial charge on any atom is 0.270 e. The normalized spacial score (nSPS) is 18.5. The summed E-state index contributed by atoms with van der Waals surface area (Å²) >= 11 is 18.5. The number of halogens is 4. The lowest BCUT2D eigenvalue weighted by atomic mass is 9.90. The van der Waals surface area contributed by atoms with Gasteiger partial charge in [0.15, 0.2) is 11.6 Å². The Kier molecular flexibility index (Phi) is 8.54. The van der Waals surface area contributed by atoms with Crippen LogP contribution in [0.2, 0.25) is 15.1 Å². The number of anilines is 2. The first-order chi connectivity index (χ1) is 27.3. The van der Waals surface area contributed by atoms with Gasteiger partial charge in [0.2, 0.25) is 17.7 Å². The van der Waals surface area contributed by atoms with Crippen LogP contribution in [-0.4, -0.2) is 52.7 Å². The van der Waals surface area contributed by atoms with E-state index in [1.54, 1.807) is 43.7 Å². The van der Waals surface area contributed by atoms with E-state index in [-0.39, 0.29) is 45.5 Å². The van der Waals surface area contributed by atoms with Gasteiger partial charge < -0.3 is 10.6 Å². The van der Waals surface area contributed by atoms with E-state index in [0.717, 1.165) is 16.5 Å². The molecule has 57 heavy (non-hydrogen) atoms. The van der Waals surface area contributed by atoms with Gasteiger partial charge in [0.05, 0.1) is 27.4 Å². The third kappa shape index (κ3) is 6.23. The average molecular weight is 822 g/mol. The Hall–Kier alpha value is -6.01. The van der Waals surface area contributed by atoms with E-state index in [1.807, 2.05) is 30.3 Å². The largest absolute Gasteiger partial charge is 0.341 e. The summed E-state index contributed by atoms with van der Waals surface area (Å²) in [5.74, 6) is -1.68. The molecule has 6 aromatic rings. The number of aromatic nitrogens is 6. The SMILES string of the molecule is C[C@@]1(Cc2ccc(-c3cnc(C#N)nc3)cc2)C(=O)N(c2cc(Cl)c(F)c(Cl)c2)c2ncc(C(=O)NC3(C(=O)NC4(c5ncc6cc(Cl)ccc6n5)CC4)CC3)n21. The van der Waals surface area contributed by atoms with Crippen molar-refractivity contribution >= 4 is 75.1 Å². The van der Waals surface area contributed by atoms with Gasteiger partial charge in [0, 0.05) is 41.0 Å². The number of carbonyl (C=O) groups excluding carboxylic acids is 3. The molecule has 13 nitrogen and oxygen atoms in total. The van der Waals surface area contributed by atoms with E-state index in [0.29, 0.717) is 47.6 Å². The fourth-order valence-electron chi connectivity index (χ4n) is 7.30. The highest BCUT2D eigenvalue weighted by molar-refractivity contribution is 6.35. The van der Waals surface area contributed by atoms with Crippen LogP contribution < -0.4 is 15.5 Å². The molecule has 3 aliphatic rings.